The molecule has 0 aliphatic carbocycles. The van der Waals surface area contributed by atoms with Crippen molar-refractivity contribution < 1.29 is 9.72 Å². The molecule has 0 saturated heterocycles. The maximum absolute atomic E-state index is 10.1. The highest BCUT2D eigenvalue weighted by Crippen LogP contribution is 1.98. The average Bonchev–Trinajstić information content (AvgIpc) is 1.79. The number of halogens is 1. The van der Waals surface area contributed by atoms with Gasteiger partial charge in [-0.15, -0.1) is 0 Å². The summed E-state index contributed by atoms with van der Waals surface area (Å²) in [6, 6.07) is 0. The van der Waals surface area contributed by atoms with E-state index in [0.717, 1.165) is 0 Å². The molecule has 0 heterocycles. The maximum atomic E-state index is 10.1. The summed E-state index contributed by atoms with van der Waals surface area (Å²) in [6.07, 6.45) is 1.16. The smallest absolute Gasteiger partial charge is 0.221 e. The minimum absolute atomic E-state index is 0.0792. The molecule has 0 radical (unpaired) electrons. The van der Waals surface area contributed by atoms with E-state index >= 15 is 0 Å². The lowest BCUT2D eigenvalue weighted by Gasteiger charge is -1.90. The molecule has 0 aliphatic rings. The fraction of sp³-hybridized carbons (Fsp3) is 0.800. The number of unbranched alkanes of at least 4 members (excludes halogenated alkanes) is 1. The largest absolute Gasteiger partial charge is 0.281 e. The molecule has 0 atom stereocenters. The second kappa shape index (κ2) is 5.17. The molecule has 0 spiro atoms. The van der Waals surface area contributed by atoms with Gasteiger partial charge in [0.2, 0.25) is 11.8 Å². The standard InChI is InChI=1S/C5H8ClNO3/c6-5(8)3-1-2-4-7(9)10/h1-4H2. The first-order valence-corrected chi connectivity index (χ1v) is 3.31. The van der Waals surface area contributed by atoms with Gasteiger partial charge in [-0.25, -0.2) is 0 Å². The van der Waals surface area contributed by atoms with Gasteiger partial charge in [0, 0.05) is 17.8 Å². The maximum Gasteiger partial charge on any atom is 0.221 e. The SMILES string of the molecule is O=C(Cl)CCCC[N+](=O)[O-]. The predicted octanol–water partition coefficient (Wildman–Crippen LogP) is 1.20. The second-order valence-electron chi connectivity index (χ2n) is 1.87. The van der Waals surface area contributed by atoms with Crippen molar-refractivity contribution in [1.82, 2.24) is 0 Å². The first kappa shape index (κ1) is 9.36. The first-order chi connectivity index (χ1) is 4.63. The van der Waals surface area contributed by atoms with Crippen LogP contribution < -0.4 is 0 Å². The number of carbonyl (C=O) groups is 1. The minimum atomic E-state index is -0.427. The Morgan fingerprint density at radius 1 is 1.50 bits per heavy atom. The Labute approximate surface area is 63.3 Å². The molecule has 5 heteroatoms. The third-order valence-electron chi connectivity index (χ3n) is 0.964. The van der Waals surface area contributed by atoms with Gasteiger partial charge in [-0.2, -0.15) is 0 Å². The van der Waals surface area contributed by atoms with Crippen molar-refractivity contribution in [3.63, 3.8) is 0 Å². The van der Waals surface area contributed by atoms with Gasteiger partial charge in [-0.3, -0.25) is 14.9 Å². The van der Waals surface area contributed by atoms with Crippen molar-refractivity contribution in [2.75, 3.05) is 6.54 Å². The summed E-state index contributed by atoms with van der Waals surface area (Å²) in [5.74, 6) is 0. The molecule has 0 rings (SSSR count). The molecular weight excluding hydrogens is 158 g/mol. The fourth-order valence-corrected chi connectivity index (χ4v) is 0.639. The Hall–Kier alpha value is -0.640. The van der Waals surface area contributed by atoms with E-state index in [1.54, 1.807) is 0 Å². The fourth-order valence-electron chi connectivity index (χ4n) is 0.505. The molecule has 4 nitrogen and oxygen atoms in total. The first-order valence-electron chi connectivity index (χ1n) is 2.93. The molecular formula is C5H8ClNO3. The van der Waals surface area contributed by atoms with E-state index in [1.807, 2.05) is 0 Å². The van der Waals surface area contributed by atoms with Crippen LogP contribution in [0.15, 0.2) is 0 Å². The van der Waals surface area contributed by atoms with Gasteiger partial charge >= 0.3 is 0 Å². The van der Waals surface area contributed by atoms with Crippen LogP contribution >= 0.6 is 11.6 Å². The summed E-state index contributed by atoms with van der Waals surface area (Å²) < 4.78 is 0. The third-order valence-corrected chi connectivity index (χ3v) is 1.15. The Kier molecular flexibility index (Phi) is 4.84. The number of carbonyl (C=O) groups excluding carboxylic acids is 1. The molecule has 0 aromatic heterocycles. The van der Waals surface area contributed by atoms with Crippen molar-refractivity contribution >= 4 is 16.8 Å². The van der Waals surface area contributed by atoms with E-state index in [1.165, 1.54) is 0 Å². The van der Waals surface area contributed by atoms with Gasteiger partial charge < -0.3 is 0 Å². The zero-order valence-electron chi connectivity index (χ0n) is 5.38. The number of hydrogen-bond acceptors (Lipinski definition) is 3. The van der Waals surface area contributed by atoms with Crippen molar-refractivity contribution in [2.45, 2.75) is 19.3 Å². The van der Waals surface area contributed by atoms with E-state index in [4.69, 9.17) is 11.6 Å². The summed E-state index contributed by atoms with van der Waals surface area (Å²) in [6.45, 7) is -0.0792. The summed E-state index contributed by atoms with van der Waals surface area (Å²) in [5.41, 5.74) is 0. The molecule has 0 fully saturated rings. The highest BCUT2D eigenvalue weighted by Gasteiger charge is 1.99. The molecule has 0 aliphatic heterocycles. The van der Waals surface area contributed by atoms with E-state index in [-0.39, 0.29) is 13.0 Å². The van der Waals surface area contributed by atoms with Crippen molar-refractivity contribution in [2.24, 2.45) is 0 Å². The van der Waals surface area contributed by atoms with Gasteiger partial charge in [0.25, 0.3) is 0 Å². The number of nitro groups is 1. The highest BCUT2D eigenvalue weighted by molar-refractivity contribution is 6.63. The van der Waals surface area contributed by atoms with Crippen LogP contribution in [-0.4, -0.2) is 16.7 Å². The number of hydrogen-bond donors (Lipinski definition) is 0. The normalized spacial score (nSPS) is 9.30. The van der Waals surface area contributed by atoms with Crippen LogP contribution in [0.3, 0.4) is 0 Å². The van der Waals surface area contributed by atoms with E-state index in [2.05, 4.69) is 0 Å². The molecule has 0 bridgehead atoms. The molecule has 0 unspecified atom stereocenters. The van der Waals surface area contributed by atoms with Gasteiger partial charge in [0.1, 0.15) is 0 Å². The predicted molar refractivity (Wildman–Crippen MR) is 36.6 cm³/mol. The lowest BCUT2D eigenvalue weighted by molar-refractivity contribution is -0.480. The lowest BCUT2D eigenvalue weighted by Crippen LogP contribution is -2.00. The molecule has 10 heavy (non-hydrogen) atoms. The highest BCUT2D eigenvalue weighted by atomic mass is 35.5. The summed E-state index contributed by atoms with van der Waals surface area (Å²) in [4.78, 5) is 19.4. The van der Waals surface area contributed by atoms with Gasteiger partial charge in [-0.1, -0.05) is 0 Å². The van der Waals surface area contributed by atoms with Gasteiger partial charge in [-0.05, 0) is 18.0 Å². The quantitative estimate of drug-likeness (QED) is 0.266. The lowest BCUT2D eigenvalue weighted by atomic mass is 10.2. The number of rotatable bonds is 5. The van der Waals surface area contributed by atoms with Crippen LogP contribution in [0, 0.1) is 10.1 Å². The number of nitrogens with zero attached hydrogens (tertiary/aromatic N) is 1. The Morgan fingerprint density at radius 3 is 2.50 bits per heavy atom. The molecule has 0 N–H and O–H groups in total. The van der Waals surface area contributed by atoms with Crippen LogP contribution in [0.25, 0.3) is 0 Å². The summed E-state index contributed by atoms with van der Waals surface area (Å²) >= 11 is 4.98. The van der Waals surface area contributed by atoms with Crippen LogP contribution in [-0.2, 0) is 4.79 Å². The zero-order valence-corrected chi connectivity index (χ0v) is 6.13. The third kappa shape index (κ3) is 7.36. The minimum Gasteiger partial charge on any atom is -0.281 e. The molecule has 0 saturated carbocycles. The van der Waals surface area contributed by atoms with Crippen molar-refractivity contribution in [3.05, 3.63) is 10.1 Å². The van der Waals surface area contributed by atoms with E-state index in [0.29, 0.717) is 12.8 Å². The van der Waals surface area contributed by atoms with Crippen molar-refractivity contribution in [3.8, 4) is 0 Å². The monoisotopic (exact) mass is 165 g/mol. The van der Waals surface area contributed by atoms with Gasteiger partial charge in [0.05, 0.1) is 0 Å². The Bertz CT molecular complexity index is 121. The van der Waals surface area contributed by atoms with Gasteiger partial charge in [0.15, 0.2) is 0 Å². The van der Waals surface area contributed by atoms with Crippen molar-refractivity contribution in [1.29, 1.82) is 0 Å². The van der Waals surface area contributed by atoms with Crippen LogP contribution in [0.1, 0.15) is 19.3 Å². The molecule has 0 amide bonds. The van der Waals surface area contributed by atoms with E-state index in [9.17, 15) is 14.9 Å². The molecule has 58 valence electrons. The summed E-state index contributed by atoms with van der Waals surface area (Å²) in [5, 5.41) is 9.30. The van der Waals surface area contributed by atoms with E-state index < -0.39 is 10.2 Å². The summed E-state index contributed by atoms with van der Waals surface area (Å²) in [7, 11) is 0. The van der Waals surface area contributed by atoms with Crippen LogP contribution in [0.4, 0.5) is 0 Å². The average molecular weight is 166 g/mol. The second-order valence-corrected chi connectivity index (χ2v) is 2.29. The Morgan fingerprint density at radius 2 is 2.10 bits per heavy atom. The van der Waals surface area contributed by atoms with Crippen LogP contribution in [0.2, 0.25) is 0 Å². The van der Waals surface area contributed by atoms with Crippen LogP contribution in [0.5, 0.6) is 0 Å². The molecule has 0 aromatic rings. The molecule has 0 aromatic carbocycles. The zero-order chi connectivity index (χ0) is 7.98. The topological polar surface area (TPSA) is 60.2 Å². The Balaban J connectivity index is 3.06.